The number of halogens is 2. The average molecular weight is 505 g/mol. The van der Waals surface area contributed by atoms with Gasteiger partial charge in [-0.3, -0.25) is 9.59 Å². The highest BCUT2D eigenvalue weighted by Gasteiger charge is 2.48. The quantitative estimate of drug-likeness (QED) is 0.317. The number of rotatable bonds is 4. The van der Waals surface area contributed by atoms with Crippen molar-refractivity contribution < 1.29 is 9.59 Å². The van der Waals surface area contributed by atoms with Crippen LogP contribution in [0.15, 0.2) is 84.9 Å². The monoisotopic (exact) mass is 504 g/mol. The normalized spacial score (nSPS) is 16.2. The Balaban J connectivity index is 0.000000308. The molecule has 0 fully saturated rings. The Morgan fingerprint density at radius 2 is 1.60 bits per heavy atom. The molecule has 2 amide bonds. The van der Waals surface area contributed by atoms with Crippen molar-refractivity contribution in [3.63, 3.8) is 0 Å². The van der Waals surface area contributed by atoms with Crippen molar-refractivity contribution in [3.05, 3.63) is 112 Å². The lowest BCUT2D eigenvalue weighted by Gasteiger charge is -2.29. The van der Waals surface area contributed by atoms with Gasteiger partial charge in [0, 0.05) is 29.2 Å². The molecule has 2 N–H and O–H groups in total. The van der Waals surface area contributed by atoms with E-state index in [0.717, 1.165) is 26.9 Å². The second kappa shape index (κ2) is 10.5. The van der Waals surface area contributed by atoms with Crippen LogP contribution in [0.25, 0.3) is 10.8 Å². The molecule has 1 aliphatic rings. The summed E-state index contributed by atoms with van der Waals surface area (Å²) in [6.45, 7) is 2.02. The Morgan fingerprint density at radius 1 is 0.886 bits per heavy atom. The number of amides is 2. The van der Waals surface area contributed by atoms with Gasteiger partial charge in [-0.25, -0.2) is 0 Å². The molecule has 178 valence electrons. The van der Waals surface area contributed by atoms with Crippen LogP contribution in [0.1, 0.15) is 29.5 Å². The molecule has 6 heteroatoms. The van der Waals surface area contributed by atoms with Crippen LogP contribution in [0.3, 0.4) is 0 Å². The van der Waals surface area contributed by atoms with Crippen molar-refractivity contribution in [3.8, 4) is 0 Å². The molecule has 0 bridgehead atoms. The molecule has 4 aromatic rings. The minimum atomic E-state index is -0.937. The molecule has 4 nitrogen and oxygen atoms in total. The molecule has 1 atom stereocenters. The third-order valence-corrected chi connectivity index (χ3v) is 6.78. The fourth-order valence-corrected chi connectivity index (χ4v) is 5.04. The van der Waals surface area contributed by atoms with E-state index in [-0.39, 0.29) is 18.2 Å². The molecule has 0 saturated heterocycles. The summed E-state index contributed by atoms with van der Waals surface area (Å²) in [5.41, 5.74) is 2.74. The first kappa shape index (κ1) is 24.8. The van der Waals surface area contributed by atoms with Crippen molar-refractivity contribution >= 4 is 51.5 Å². The molecule has 4 aromatic carbocycles. The van der Waals surface area contributed by atoms with E-state index in [2.05, 4.69) is 10.6 Å². The van der Waals surface area contributed by atoms with Gasteiger partial charge < -0.3 is 10.6 Å². The van der Waals surface area contributed by atoms with E-state index in [1.807, 2.05) is 79.7 Å². The van der Waals surface area contributed by atoms with E-state index >= 15 is 0 Å². The number of hydrogen-bond donors (Lipinski definition) is 2. The number of carbonyl (C=O) groups excluding carboxylic acids is 2. The summed E-state index contributed by atoms with van der Waals surface area (Å²) in [5.74, 6) is -0.218. The van der Waals surface area contributed by atoms with E-state index < -0.39 is 5.41 Å². The molecule has 0 unspecified atom stereocenters. The number of carbonyl (C=O) groups is 2. The molecule has 0 saturated carbocycles. The zero-order valence-electron chi connectivity index (χ0n) is 19.6. The van der Waals surface area contributed by atoms with Gasteiger partial charge in [0.15, 0.2) is 0 Å². The van der Waals surface area contributed by atoms with Gasteiger partial charge in [-0.2, -0.15) is 0 Å². The second-order valence-corrected chi connectivity index (χ2v) is 9.42. The maximum atomic E-state index is 13.3. The second-order valence-electron chi connectivity index (χ2n) is 8.55. The van der Waals surface area contributed by atoms with Gasteiger partial charge in [0.1, 0.15) is 5.41 Å². The van der Waals surface area contributed by atoms with Gasteiger partial charge in [0.25, 0.3) is 0 Å². The highest BCUT2D eigenvalue weighted by atomic mass is 35.5. The largest absolute Gasteiger partial charge is 0.359 e. The molecule has 1 heterocycles. The zero-order valence-corrected chi connectivity index (χ0v) is 21.1. The molecular formula is C29H26Cl2N2O2. The smallest absolute Gasteiger partial charge is 0.239 e. The maximum Gasteiger partial charge on any atom is 0.239 e. The number of fused-ring (bicyclic) bond motifs is 2. The highest BCUT2D eigenvalue weighted by Crippen LogP contribution is 2.48. The number of aryl methyl sites for hydroxylation is 1. The summed E-state index contributed by atoms with van der Waals surface area (Å²) in [6.07, 6.45) is 0.621. The van der Waals surface area contributed by atoms with Crippen molar-refractivity contribution in [2.45, 2.75) is 25.2 Å². The lowest BCUT2D eigenvalue weighted by molar-refractivity contribution is -0.122. The lowest BCUT2D eigenvalue weighted by Crippen LogP contribution is -2.37. The predicted molar refractivity (Wildman–Crippen MR) is 144 cm³/mol. The van der Waals surface area contributed by atoms with Gasteiger partial charge in [-0.15, -0.1) is 0 Å². The fourth-order valence-electron chi connectivity index (χ4n) is 4.62. The van der Waals surface area contributed by atoms with Crippen molar-refractivity contribution in [1.29, 1.82) is 0 Å². The molecule has 0 aromatic heterocycles. The number of benzene rings is 4. The summed E-state index contributed by atoms with van der Waals surface area (Å²) in [4.78, 5) is 25.3. The predicted octanol–water partition coefficient (Wildman–Crippen LogP) is 6.91. The third-order valence-electron chi connectivity index (χ3n) is 6.31. The topological polar surface area (TPSA) is 58.2 Å². The highest BCUT2D eigenvalue weighted by molar-refractivity contribution is 6.31. The van der Waals surface area contributed by atoms with Crippen LogP contribution >= 0.6 is 23.2 Å². The van der Waals surface area contributed by atoms with Crippen LogP contribution in [-0.4, -0.2) is 18.9 Å². The van der Waals surface area contributed by atoms with Gasteiger partial charge in [-0.1, -0.05) is 83.9 Å². The summed E-state index contributed by atoms with van der Waals surface area (Å²) in [6, 6.07) is 27.2. The summed E-state index contributed by atoms with van der Waals surface area (Å²) >= 11 is 11.8. The Morgan fingerprint density at radius 3 is 2.31 bits per heavy atom. The van der Waals surface area contributed by atoms with Crippen LogP contribution in [0.5, 0.6) is 0 Å². The van der Waals surface area contributed by atoms with Gasteiger partial charge in [0.05, 0.1) is 0 Å². The van der Waals surface area contributed by atoms with Crippen LogP contribution in [0.4, 0.5) is 5.69 Å². The van der Waals surface area contributed by atoms with Crippen molar-refractivity contribution in [1.82, 2.24) is 5.32 Å². The summed E-state index contributed by atoms with van der Waals surface area (Å²) in [7, 11) is 1.61. The maximum absolute atomic E-state index is 13.3. The van der Waals surface area contributed by atoms with Crippen molar-refractivity contribution in [2.75, 3.05) is 12.4 Å². The molecular weight excluding hydrogens is 479 g/mol. The van der Waals surface area contributed by atoms with Crippen LogP contribution in [0, 0.1) is 6.92 Å². The first-order chi connectivity index (χ1) is 16.8. The standard InChI is InChI=1S/C22H19ClN2O2.C7H7Cl/c1-24-20(26)11-12-22(17-8-4-6-14-5-2-3-7-16(14)17)18-10-9-15(23)13-19(18)25-21(22)27;1-6-3-2-4-7(8)5-6/h2-10,13H,11-12H2,1H3,(H,24,26)(H,25,27);2-5H,1H3/t22-;/m0./s1. The molecule has 0 radical (unpaired) electrons. The minimum Gasteiger partial charge on any atom is -0.359 e. The molecule has 1 aliphatic heterocycles. The van der Waals surface area contributed by atoms with Crippen molar-refractivity contribution in [2.24, 2.45) is 0 Å². The Bertz CT molecular complexity index is 1380. The summed E-state index contributed by atoms with van der Waals surface area (Å²) in [5, 5.41) is 9.07. The van der Waals surface area contributed by atoms with Crippen LogP contribution < -0.4 is 10.6 Å². The van der Waals surface area contributed by atoms with Crippen LogP contribution in [0.2, 0.25) is 10.0 Å². The first-order valence-electron chi connectivity index (χ1n) is 11.4. The molecule has 5 rings (SSSR count). The number of anilines is 1. The van der Waals surface area contributed by atoms with Gasteiger partial charge in [-0.05, 0) is 65.1 Å². The Labute approximate surface area is 215 Å². The van der Waals surface area contributed by atoms with E-state index in [1.54, 1.807) is 19.2 Å². The average Bonchev–Trinajstić information content (AvgIpc) is 3.13. The Kier molecular flexibility index (Phi) is 7.44. The molecule has 0 aliphatic carbocycles. The van der Waals surface area contributed by atoms with E-state index in [4.69, 9.17) is 23.2 Å². The van der Waals surface area contributed by atoms with E-state index in [1.165, 1.54) is 5.56 Å². The fraction of sp³-hybridized carbons (Fsp3) is 0.172. The zero-order chi connectivity index (χ0) is 25.0. The lowest BCUT2D eigenvalue weighted by atomic mass is 9.70. The van der Waals surface area contributed by atoms with Gasteiger partial charge >= 0.3 is 0 Å². The van der Waals surface area contributed by atoms with E-state index in [9.17, 15) is 9.59 Å². The van der Waals surface area contributed by atoms with Crippen LogP contribution in [-0.2, 0) is 15.0 Å². The van der Waals surface area contributed by atoms with E-state index in [0.29, 0.717) is 17.1 Å². The third kappa shape index (κ3) is 5.04. The Hall–Kier alpha value is -3.34. The first-order valence-corrected chi connectivity index (χ1v) is 12.1. The number of nitrogens with one attached hydrogen (secondary N) is 2. The van der Waals surface area contributed by atoms with Gasteiger partial charge in [0.2, 0.25) is 11.8 Å². The summed E-state index contributed by atoms with van der Waals surface area (Å²) < 4.78 is 0. The number of hydrogen-bond acceptors (Lipinski definition) is 2. The minimum absolute atomic E-state index is 0.0928. The molecule has 35 heavy (non-hydrogen) atoms. The molecule has 0 spiro atoms. The SMILES string of the molecule is CNC(=O)CC[C@@]1(c2cccc3ccccc23)C(=O)Nc2cc(Cl)ccc21.Cc1cccc(Cl)c1.